The average molecular weight is 411 g/mol. The van der Waals surface area contributed by atoms with Gasteiger partial charge in [-0.3, -0.25) is 0 Å². The molecular weight excluding hydrogens is 401 g/mol. The van der Waals surface area contributed by atoms with Gasteiger partial charge in [0.15, 0.2) is 5.82 Å². The molecule has 0 aliphatic heterocycles. The average Bonchev–Trinajstić information content (AvgIpc) is 2.40. The molecule has 0 fully saturated rings. The third kappa shape index (κ3) is 2.65. The number of rotatable bonds is 1. The van der Waals surface area contributed by atoms with Crippen LogP contribution in [0, 0.1) is 12.7 Å². The maximum Gasteiger partial charge on any atom is 0.162 e. The van der Waals surface area contributed by atoms with Crippen LogP contribution >= 0.6 is 31.9 Å². The van der Waals surface area contributed by atoms with Gasteiger partial charge in [0.25, 0.3) is 0 Å². The maximum atomic E-state index is 13.2. The second-order valence-corrected chi connectivity index (χ2v) is 6.45. The van der Waals surface area contributed by atoms with Gasteiger partial charge in [-0.05, 0) is 58.7 Å². The second kappa shape index (κ2) is 5.35. The standard InChI is InChI=1S/C15H10Br2FN3/c1-7-4-9(18)2-3-10(7)15-20-13-11(14(19)21-15)5-8(16)6-12(13)17/h2-6H,1H3,(H2,19,20,21). The highest BCUT2D eigenvalue weighted by Crippen LogP contribution is 2.32. The summed E-state index contributed by atoms with van der Waals surface area (Å²) in [4.78, 5) is 8.90. The lowest BCUT2D eigenvalue weighted by molar-refractivity contribution is 0.627. The molecule has 0 spiro atoms. The van der Waals surface area contributed by atoms with Crippen LogP contribution < -0.4 is 5.73 Å². The van der Waals surface area contributed by atoms with Crippen molar-refractivity contribution in [2.45, 2.75) is 6.92 Å². The first-order valence-electron chi connectivity index (χ1n) is 6.14. The zero-order valence-electron chi connectivity index (χ0n) is 11.0. The van der Waals surface area contributed by atoms with E-state index in [1.807, 2.05) is 19.1 Å². The molecule has 0 aliphatic rings. The molecule has 0 saturated carbocycles. The summed E-state index contributed by atoms with van der Waals surface area (Å²) in [6, 6.07) is 8.28. The van der Waals surface area contributed by atoms with Gasteiger partial charge in [0, 0.05) is 19.9 Å². The van der Waals surface area contributed by atoms with Crippen LogP contribution in [0.5, 0.6) is 0 Å². The molecule has 1 aromatic heterocycles. The molecule has 3 nitrogen and oxygen atoms in total. The van der Waals surface area contributed by atoms with Crippen LogP contribution in [0.15, 0.2) is 39.3 Å². The predicted octanol–water partition coefficient (Wildman–Crippen LogP) is 4.85. The van der Waals surface area contributed by atoms with E-state index in [1.165, 1.54) is 12.1 Å². The van der Waals surface area contributed by atoms with Crippen LogP contribution in [0.2, 0.25) is 0 Å². The van der Waals surface area contributed by atoms with Crippen molar-refractivity contribution in [3.05, 3.63) is 50.7 Å². The Morgan fingerprint density at radius 2 is 1.86 bits per heavy atom. The second-order valence-electron chi connectivity index (χ2n) is 4.68. The van der Waals surface area contributed by atoms with Crippen molar-refractivity contribution in [3.8, 4) is 11.4 Å². The van der Waals surface area contributed by atoms with E-state index in [2.05, 4.69) is 41.8 Å². The number of hydrogen-bond acceptors (Lipinski definition) is 3. The fraction of sp³-hybridized carbons (Fsp3) is 0.0667. The van der Waals surface area contributed by atoms with Crippen LogP contribution in [0.3, 0.4) is 0 Å². The van der Waals surface area contributed by atoms with Crippen LogP contribution in [0.4, 0.5) is 10.2 Å². The Labute approximate surface area is 137 Å². The number of hydrogen-bond donors (Lipinski definition) is 1. The third-order valence-corrected chi connectivity index (χ3v) is 4.24. The van der Waals surface area contributed by atoms with Gasteiger partial charge in [0.1, 0.15) is 11.6 Å². The van der Waals surface area contributed by atoms with E-state index in [0.29, 0.717) is 11.6 Å². The Morgan fingerprint density at radius 1 is 1.10 bits per heavy atom. The topological polar surface area (TPSA) is 51.8 Å². The SMILES string of the molecule is Cc1cc(F)ccc1-c1nc(N)c2cc(Br)cc(Br)c2n1. The summed E-state index contributed by atoms with van der Waals surface area (Å²) >= 11 is 6.90. The highest BCUT2D eigenvalue weighted by Gasteiger charge is 2.12. The first kappa shape index (κ1) is 14.4. The van der Waals surface area contributed by atoms with Gasteiger partial charge in [-0.15, -0.1) is 0 Å². The van der Waals surface area contributed by atoms with E-state index in [4.69, 9.17) is 5.73 Å². The molecule has 6 heteroatoms. The zero-order valence-corrected chi connectivity index (χ0v) is 14.2. The van der Waals surface area contributed by atoms with Crippen LogP contribution in [-0.2, 0) is 0 Å². The number of aryl methyl sites for hydroxylation is 1. The van der Waals surface area contributed by atoms with E-state index < -0.39 is 0 Å². The van der Waals surface area contributed by atoms with Gasteiger partial charge in [-0.1, -0.05) is 15.9 Å². The number of nitrogens with two attached hydrogens (primary N) is 1. The fourth-order valence-electron chi connectivity index (χ4n) is 2.18. The lowest BCUT2D eigenvalue weighted by Crippen LogP contribution is -1.99. The third-order valence-electron chi connectivity index (χ3n) is 3.18. The molecule has 0 saturated heterocycles. The van der Waals surface area contributed by atoms with E-state index in [-0.39, 0.29) is 5.82 Å². The number of benzene rings is 2. The van der Waals surface area contributed by atoms with Crippen LogP contribution in [0.1, 0.15) is 5.56 Å². The van der Waals surface area contributed by atoms with Crippen molar-refractivity contribution < 1.29 is 4.39 Å². The van der Waals surface area contributed by atoms with Gasteiger partial charge in [-0.25, -0.2) is 14.4 Å². The predicted molar refractivity (Wildman–Crippen MR) is 89.5 cm³/mol. The highest BCUT2D eigenvalue weighted by molar-refractivity contribution is 9.11. The summed E-state index contributed by atoms with van der Waals surface area (Å²) in [5.41, 5.74) is 8.30. The summed E-state index contributed by atoms with van der Waals surface area (Å²) < 4.78 is 14.9. The number of halogens is 3. The quantitative estimate of drug-likeness (QED) is 0.623. The maximum absolute atomic E-state index is 13.2. The molecule has 0 unspecified atom stereocenters. The Bertz CT molecular complexity index is 865. The van der Waals surface area contributed by atoms with Crippen LogP contribution in [0.25, 0.3) is 22.3 Å². The van der Waals surface area contributed by atoms with Gasteiger partial charge in [0.2, 0.25) is 0 Å². The Balaban J connectivity index is 2.30. The van der Waals surface area contributed by atoms with Gasteiger partial charge < -0.3 is 5.73 Å². The molecule has 1 heterocycles. The largest absolute Gasteiger partial charge is 0.383 e. The van der Waals surface area contributed by atoms with Crippen molar-refractivity contribution in [2.75, 3.05) is 5.73 Å². The number of fused-ring (bicyclic) bond motifs is 1. The first-order valence-corrected chi connectivity index (χ1v) is 7.73. The summed E-state index contributed by atoms with van der Waals surface area (Å²) in [6.45, 7) is 1.82. The summed E-state index contributed by atoms with van der Waals surface area (Å²) in [5.74, 6) is 0.594. The Hall–Kier alpha value is -1.53. The molecule has 0 radical (unpaired) electrons. The number of anilines is 1. The molecule has 3 aromatic rings. The molecule has 0 aliphatic carbocycles. The van der Waals surface area contributed by atoms with Gasteiger partial charge >= 0.3 is 0 Å². The summed E-state index contributed by atoms with van der Waals surface area (Å²) in [7, 11) is 0. The monoisotopic (exact) mass is 409 g/mol. The van der Waals surface area contributed by atoms with Gasteiger partial charge in [-0.2, -0.15) is 0 Å². The highest BCUT2D eigenvalue weighted by atomic mass is 79.9. The smallest absolute Gasteiger partial charge is 0.162 e. The molecule has 2 N–H and O–H groups in total. The van der Waals surface area contributed by atoms with Crippen molar-refractivity contribution >= 4 is 48.6 Å². The molecular formula is C15H10Br2FN3. The van der Waals surface area contributed by atoms with Crippen molar-refractivity contribution in [1.29, 1.82) is 0 Å². The van der Waals surface area contributed by atoms with Crippen molar-refractivity contribution in [1.82, 2.24) is 9.97 Å². The summed E-state index contributed by atoms with van der Waals surface area (Å²) in [5, 5.41) is 0.764. The van der Waals surface area contributed by atoms with Crippen molar-refractivity contribution in [3.63, 3.8) is 0 Å². The first-order chi connectivity index (χ1) is 9.95. The van der Waals surface area contributed by atoms with E-state index in [1.54, 1.807) is 6.07 Å². The number of aromatic nitrogens is 2. The Morgan fingerprint density at radius 3 is 2.57 bits per heavy atom. The lowest BCUT2D eigenvalue weighted by atomic mass is 10.1. The molecule has 3 rings (SSSR count). The van der Waals surface area contributed by atoms with E-state index in [0.717, 1.165) is 31.0 Å². The number of nitrogen functional groups attached to an aromatic ring is 1. The van der Waals surface area contributed by atoms with Gasteiger partial charge in [0.05, 0.1) is 5.52 Å². The minimum Gasteiger partial charge on any atom is -0.383 e. The zero-order chi connectivity index (χ0) is 15.1. The summed E-state index contributed by atoms with van der Waals surface area (Å²) in [6.07, 6.45) is 0. The van der Waals surface area contributed by atoms with E-state index >= 15 is 0 Å². The molecule has 21 heavy (non-hydrogen) atoms. The van der Waals surface area contributed by atoms with Crippen molar-refractivity contribution in [2.24, 2.45) is 0 Å². The number of nitrogens with zero attached hydrogens (tertiary/aromatic N) is 2. The molecule has 0 atom stereocenters. The van der Waals surface area contributed by atoms with Crippen LogP contribution in [-0.4, -0.2) is 9.97 Å². The molecule has 2 aromatic carbocycles. The molecule has 0 bridgehead atoms. The van der Waals surface area contributed by atoms with E-state index in [9.17, 15) is 4.39 Å². The Kier molecular flexibility index (Phi) is 3.67. The fourth-order valence-corrected chi connectivity index (χ4v) is 3.49. The minimum absolute atomic E-state index is 0.282. The molecule has 106 valence electrons. The minimum atomic E-state index is -0.282. The normalized spacial score (nSPS) is 11.0. The molecule has 0 amide bonds. The lowest BCUT2D eigenvalue weighted by Gasteiger charge is -2.09.